The topological polar surface area (TPSA) is 75.9 Å². The Hall–Kier alpha value is -2.44. The van der Waals surface area contributed by atoms with Gasteiger partial charge in [-0.2, -0.15) is 5.10 Å². The molecular weight excluding hydrogens is 328 g/mol. The maximum absolute atomic E-state index is 12.4. The van der Waals surface area contributed by atoms with E-state index in [4.69, 9.17) is 4.98 Å². The van der Waals surface area contributed by atoms with E-state index >= 15 is 0 Å². The minimum absolute atomic E-state index is 0.148. The van der Waals surface area contributed by atoms with Crippen LogP contribution in [0.4, 0.5) is 5.95 Å². The van der Waals surface area contributed by atoms with Crippen LogP contribution in [0.15, 0.2) is 18.5 Å². The maximum Gasteiger partial charge on any atom is 0.270 e. The number of aryl methyl sites for hydroxylation is 2. The summed E-state index contributed by atoms with van der Waals surface area (Å²) >= 11 is 0. The summed E-state index contributed by atoms with van der Waals surface area (Å²) in [6, 6.07) is 1.54. The van der Waals surface area contributed by atoms with Crippen molar-refractivity contribution in [1.82, 2.24) is 25.1 Å². The molecule has 1 amide bonds. The molecule has 1 N–H and O–H groups in total. The van der Waals surface area contributed by atoms with Gasteiger partial charge in [-0.3, -0.25) is 9.48 Å². The lowest BCUT2D eigenvalue weighted by Gasteiger charge is -2.25. The number of aromatic nitrogens is 4. The molecule has 3 rings (SSSR count). The SMILES string of the molecule is Cc1nc(N2CCCCCCC2)ncc1C(C)NC(=O)c1ccnn1C. The number of amides is 1. The standard InChI is InChI=1S/C19H28N6O/c1-14(22-18(26)17-9-10-21-24(17)3)16-13-20-19(23-15(16)2)25-11-7-5-4-6-8-12-25/h9-10,13-14H,4-8,11-12H2,1-3H3,(H,22,26). The Bertz CT molecular complexity index is 748. The van der Waals surface area contributed by atoms with E-state index in [0.717, 1.165) is 30.3 Å². The first-order valence-electron chi connectivity index (χ1n) is 9.43. The first kappa shape index (κ1) is 18.4. The van der Waals surface area contributed by atoms with Crippen molar-refractivity contribution in [3.8, 4) is 0 Å². The van der Waals surface area contributed by atoms with Crippen LogP contribution in [0.2, 0.25) is 0 Å². The smallest absolute Gasteiger partial charge is 0.270 e. The second-order valence-corrected chi connectivity index (χ2v) is 7.00. The summed E-state index contributed by atoms with van der Waals surface area (Å²) in [7, 11) is 1.76. The molecule has 2 aromatic rings. The zero-order valence-corrected chi connectivity index (χ0v) is 15.9. The van der Waals surface area contributed by atoms with E-state index < -0.39 is 0 Å². The Kier molecular flexibility index (Phi) is 5.85. The predicted octanol–water partition coefficient (Wildman–Crippen LogP) is 2.78. The van der Waals surface area contributed by atoms with Crippen molar-refractivity contribution in [3.63, 3.8) is 0 Å². The van der Waals surface area contributed by atoms with Crippen molar-refractivity contribution in [1.29, 1.82) is 0 Å². The molecule has 1 atom stereocenters. The van der Waals surface area contributed by atoms with Crippen LogP contribution >= 0.6 is 0 Å². The molecule has 0 aliphatic carbocycles. The Morgan fingerprint density at radius 3 is 2.50 bits per heavy atom. The second kappa shape index (κ2) is 8.29. The Morgan fingerprint density at radius 2 is 1.88 bits per heavy atom. The third-order valence-electron chi connectivity index (χ3n) is 5.01. The summed E-state index contributed by atoms with van der Waals surface area (Å²) in [5.41, 5.74) is 2.39. The summed E-state index contributed by atoms with van der Waals surface area (Å²) in [6.45, 7) is 5.98. The number of carbonyl (C=O) groups is 1. The van der Waals surface area contributed by atoms with E-state index in [9.17, 15) is 4.79 Å². The van der Waals surface area contributed by atoms with Crippen molar-refractivity contribution in [2.75, 3.05) is 18.0 Å². The molecule has 1 saturated heterocycles. The van der Waals surface area contributed by atoms with Gasteiger partial charge in [0.25, 0.3) is 5.91 Å². The van der Waals surface area contributed by atoms with Gasteiger partial charge in [0.15, 0.2) is 0 Å². The highest BCUT2D eigenvalue weighted by atomic mass is 16.2. The summed E-state index contributed by atoms with van der Waals surface area (Å²) in [5.74, 6) is 0.656. The molecule has 1 aliphatic heterocycles. The van der Waals surface area contributed by atoms with Crippen LogP contribution < -0.4 is 10.2 Å². The number of rotatable bonds is 4. The van der Waals surface area contributed by atoms with Gasteiger partial charge in [-0.15, -0.1) is 0 Å². The molecule has 0 radical (unpaired) electrons. The molecular formula is C19H28N6O. The summed E-state index contributed by atoms with van der Waals surface area (Å²) in [6.07, 6.45) is 9.76. The van der Waals surface area contributed by atoms with Crippen molar-refractivity contribution in [2.45, 2.75) is 52.0 Å². The fourth-order valence-electron chi connectivity index (χ4n) is 3.43. The molecule has 140 valence electrons. The van der Waals surface area contributed by atoms with Gasteiger partial charge in [-0.1, -0.05) is 19.3 Å². The van der Waals surface area contributed by atoms with Crippen molar-refractivity contribution < 1.29 is 4.79 Å². The van der Waals surface area contributed by atoms with Crippen LogP contribution in [0.25, 0.3) is 0 Å². The van der Waals surface area contributed by atoms with Gasteiger partial charge in [0.1, 0.15) is 5.69 Å². The molecule has 0 spiro atoms. The zero-order chi connectivity index (χ0) is 18.5. The fraction of sp³-hybridized carbons (Fsp3) is 0.579. The summed E-state index contributed by atoms with van der Waals surface area (Å²) in [4.78, 5) is 24.0. The highest BCUT2D eigenvalue weighted by Crippen LogP contribution is 2.20. The number of anilines is 1. The third-order valence-corrected chi connectivity index (χ3v) is 5.01. The summed E-state index contributed by atoms with van der Waals surface area (Å²) < 4.78 is 1.57. The number of hydrogen-bond acceptors (Lipinski definition) is 5. The van der Waals surface area contributed by atoms with E-state index in [1.165, 1.54) is 32.1 Å². The number of carbonyl (C=O) groups excluding carboxylic acids is 1. The zero-order valence-electron chi connectivity index (χ0n) is 15.9. The number of nitrogens with one attached hydrogen (secondary N) is 1. The van der Waals surface area contributed by atoms with Gasteiger partial charge in [-0.05, 0) is 32.8 Å². The normalized spacial score (nSPS) is 16.7. The maximum atomic E-state index is 12.4. The molecule has 1 fully saturated rings. The highest BCUT2D eigenvalue weighted by Gasteiger charge is 2.18. The Labute approximate surface area is 154 Å². The lowest BCUT2D eigenvalue weighted by atomic mass is 10.1. The molecule has 1 aliphatic rings. The summed E-state index contributed by atoms with van der Waals surface area (Å²) in [5, 5.41) is 7.04. The van der Waals surface area contributed by atoms with Gasteiger partial charge < -0.3 is 10.2 Å². The largest absolute Gasteiger partial charge is 0.344 e. The average molecular weight is 356 g/mol. The number of nitrogens with zero attached hydrogens (tertiary/aromatic N) is 5. The van der Waals surface area contributed by atoms with Gasteiger partial charge >= 0.3 is 0 Å². The number of hydrogen-bond donors (Lipinski definition) is 1. The average Bonchev–Trinajstić information content (AvgIpc) is 3.00. The highest BCUT2D eigenvalue weighted by molar-refractivity contribution is 5.92. The van der Waals surface area contributed by atoms with E-state index in [0.29, 0.717) is 5.69 Å². The molecule has 1 unspecified atom stereocenters. The Balaban J connectivity index is 1.70. The minimum Gasteiger partial charge on any atom is -0.344 e. The molecule has 26 heavy (non-hydrogen) atoms. The van der Waals surface area contributed by atoms with Crippen LogP contribution in [-0.4, -0.2) is 38.7 Å². The minimum atomic E-state index is -0.168. The monoisotopic (exact) mass is 356 g/mol. The van der Waals surface area contributed by atoms with Crippen LogP contribution in [-0.2, 0) is 7.05 Å². The van der Waals surface area contributed by atoms with Crippen LogP contribution in [0.3, 0.4) is 0 Å². The van der Waals surface area contributed by atoms with E-state index in [2.05, 4.69) is 20.3 Å². The molecule has 3 heterocycles. The quantitative estimate of drug-likeness (QED) is 0.912. The molecule has 7 nitrogen and oxygen atoms in total. The van der Waals surface area contributed by atoms with E-state index in [-0.39, 0.29) is 11.9 Å². The van der Waals surface area contributed by atoms with Gasteiger partial charge in [0.2, 0.25) is 5.95 Å². The lowest BCUT2D eigenvalue weighted by molar-refractivity contribution is 0.0930. The van der Waals surface area contributed by atoms with Crippen LogP contribution in [0.1, 0.15) is 66.8 Å². The first-order chi connectivity index (χ1) is 12.6. The molecule has 0 saturated carbocycles. The van der Waals surface area contributed by atoms with E-state index in [1.807, 2.05) is 20.0 Å². The third kappa shape index (κ3) is 4.20. The first-order valence-corrected chi connectivity index (χ1v) is 9.43. The van der Waals surface area contributed by atoms with Crippen molar-refractivity contribution >= 4 is 11.9 Å². The lowest BCUT2D eigenvalue weighted by Crippen LogP contribution is -2.31. The molecule has 0 aromatic carbocycles. The Morgan fingerprint density at radius 1 is 1.19 bits per heavy atom. The second-order valence-electron chi connectivity index (χ2n) is 7.00. The van der Waals surface area contributed by atoms with Gasteiger partial charge in [0.05, 0.1) is 6.04 Å². The van der Waals surface area contributed by atoms with Crippen LogP contribution in [0.5, 0.6) is 0 Å². The molecule has 7 heteroatoms. The van der Waals surface area contributed by atoms with Crippen LogP contribution in [0, 0.1) is 6.92 Å². The molecule has 2 aromatic heterocycles. The van der Waals surface area contributed by atoms with Crippen molar-refractivity contribution in [2.24, 2.45) is 7.05 Å². The van der Waals surface area contributed by atoms with Gasteiger partial charge in [0, 0.05) is 43.8 Å². The van der Waals surface area contributed by atoms with Gasteiger partial charge in [-0.25, -0.2) is 9.97 Å². The van der Waals surface area contributed by atoms with E-state index in [1.54, 1.807) is 24.0 Å². The molecule has 0 bridgehead atoms. The van der Waals surface area contributed by atoms with Crippen molar-refractivity contribution in [3.05, 3.63) is 35.4 Å². The predicted molar refractivity (Wildman–Crippen MR) is 101 cm³/mol. The fourth-order valence-corrected chi connectivity index (χ4v) is 3.43.